The zero-order valence-electron chi connectivity index (χ0n) is 36.9. The van der Waals surface area contributed by atoms with Crippen LogP contribution in [0.25, 0.3) is 0 Å². The summed E-state index contributed by atoms with van der Waals surface area (Å²) in [5.41, 5.74) is 1.58. The van der Waals surface area contributed by atoms with Gasteiger partial charge in [-0.05, 0) is 94.8 Å². The molecule has 0 aromatic heterocycles. The molecule has 68 heavy (non-hydrogen) atoms. The number of unbranched alkanes of at least 4 members (excludes halogenated alkanes) is 2. The number of nitrogens with zero attached hydrogens (tertiary/aromatic N) is 2. The number of methoxy groups -OCH3 is 1. The molecule has 4 N–H and O–H groups in total. The van der Waals surface area contributed by atoms with Gasteiger partial charge >= 0.3 is 16.1 Å². The predicted octanol–water partition coefficient (Wildman–Crippen LogP) is 7.00. The monoisotopic (exact) mass is 1040 g/mol. The molecule has 0 saturated heterocycles. The van der Waals surface area contributed by atoms with Crippen LogP contribution in [0.5, 0.6) is 5.75 Å². The van der Waals surface area contributed by atoms with Crippen molar-refractivity contribution in [3.8, 4) is 5.75 Å². The SMILES string of the molecule is CCN1/C(=C/C=C/C=C/C2=[N+](CCCCCC(=O)Oc3c(F)c(F)c(S(=O)(=O)O)c(F)c3F)c3ccc(S(=O)(=O)O)cc3C2(C)CCOC)C(C)(CCCS(=O)(=O)O)c2cc(S(=O)(=O)O)ccc21. The average molecular weight is 1040 g/mol. The van der Waals surface area contributed by atoms with E-state index in [0.717, 1.165) is 0 Å². The first kappa shape index (κ1) is 54.1. The summed E-state index contributed by atoms with van der Waals surface area (Å²) in [6, 6.07) is 8.22. The summed E-state index contributed by atoms with van der Waals surface area (Å²) < 4.78 is 202. The van der Waals surface area contributed by atoms with E-state index in [2.05, 4.69) is 4.74 Å². The highest BCUT2D eigenvalue weighted by Crippen LogP contribution is 2.51. The van der Waals surface area contributed by atoms with Crippen LogP contribution in [-0.2, 0) is 60.8 Å². The van der Waals surface area contributed by atoms with Gasteiger partial charge in [-0.25, -0.2) is 8.78 Å². The van der Waals surface area contributed by atoms with Gasteiger partial charge in [0.1, 0.15) is 6.54 Å². The standard InChI is InChI=1S/C43H48F4N2O15S4/c1-5-48-31-18-16-27(66(54,55)56)25-29(31)42(2,20-12-24-65(51,52)53)33(48)13-8-6-9-14-34-43(3,21-23-63-4)30-26-28(67(57,58)59)17-19-32(30)49(34)22-11-7-10-15-35(50)64-40-36(44)38(46)41(68(60,61)62)39(47)37(40)45/h6,8-9,13-14,16-19,25-26H,5,7,10-12,15,20-24H2,1-4H3,(H3-,51,52,53,54,55,56,57,58,59,60,61,62)/p+1. The number of hydrogen-bond donors (Lipinski definition) is 4. The van der Waals surface area contributed by atoms with Gasteiger partial charge in [0.05, 0.1) is 21.0 Å². The largest absolute Gasteiger partial charge is 0.420 e. The molecule has 25 heteroatoms. The molecule has 3 aromatic carbocycles. The van der Waals surface area contributed by atoms with Crippen LogP contribution in [0.3, 0.4) is 0 Å². The Kier molecular flexibility index (Phi) is 16.4. The van der Waals surface area contributed by atoms with Gasteiger partial charge in [-0.1, -0.05) is 18.2 Å². The van der Waals surface area contributed by atoms with E-state index < -0.39 is 103 Å². The Bertz CT molecular complexity index is 3060. The number of carbonyl (C=O) groups is 1. The van der Waals surface area contributed by atoms with Crippen LogP contribution < -0.4 is 9.64 Å². The third kappa shape index (κ3) is 11.6. The molecule has 2 unspecified atom stereocenters. The molecule has 0 aliphatic carbocycles. The summed E-state index contributed by atoms with van der Waals surface area (Å²) in [5.74, 6) is -13.4. The van der Waals surface area contributed by atoms with Gasteiger partial charge in [0, 0.05) is 67.6 Å². The molecule has 2 atom stereocenters. The first-order valence-corrected chi connectivity index (χ1v) is 26.6. The second-order valence-electron chi connectivity index (χ2n) is 16.4. The van der Waals surface area contributed by atoms with E-state index in [-0.39, 0.29) is 48.6 Å². The molecule has 2 heterocycles. The van der Waals surface area contributed by atoms with E-state index in [9.17, 15) is 69.7 Å². The Morgan fingerprint density at radius 3 is 1.90 bits per heavy atom. The minimum absolute atomic E-state index is 0.000321. The highest BCUT2D eigenvalue weighted by molar-refractivity contribution is 7.86. The number of anilines is 1. The van der Waals surface area contributed by atoms with Gasteiger partial charge in [0.25, 0.3) is 30.4 Å². The lowest BCUT2D eigenvalue weighted by Crippen LogP contribution is -2.33. The third-order valence-corrected chi connectivity index (χ3v) is 15.2. The highest BCUT2D eigenvalue weighted by atomic mass is 32.2. The molecule has 372 valence electrons. The Labute approximate surface area is 391 Å². The number of esters is 1. The molecule has 0 fully saturated rings. The van der Waals surface area contributed by atoms with Crippen molar-refractivity contribution in [1.29, 1.82) is 0 Å². The van der Waals surface area contributed by atoms with E-state index in [1.165, 1.54) is 37.4 Å². The van der Waals surface area contributed by atoms with Gasteiger partial charge in [-0.2, -0.15) is 47.0 Å². The number of carbonyl (C=O) groups excluding carboxylic acids is 1. The number of halogens is 4. The zero-order valence-corrected chi connectivity index (χ0v) is 40.2. The van der Waals surface area contributed by atoms with E-state index in [1.807, 2.05) is 23.3 Å². The Hall–Kier alpha value is -4.86. The topological polar surface area (TPSA) is 259 Å². The van der Waals surface area contributed by atoms with Gasteiger partial charge in [-0.3, -0.25) is 23.0 Å². The van der Waals surface area contributed by atoms with Crippen molar-refractivity contribution in [2.75, 3.05) is 37.5 Å². The number of ether oxygens (including phenoxy) is 2. The molecule has 2 aliphatic rings. The van der Waals surface area contributed by atoms with Crippen LogP contribution in [0.1, 0.15) is 76.8 Å². The number of rotatable bonds is 21. The van der Waals surface area contributed by atoms with Crippen molar-refractivity contribution in [1.82, 2.24) is 0 Å². The second kappa shape index (κ2) is 20.6. The molecule has 5 rings (SSSR count). The van der Waals surface area contributed by atoms with Crippen molar-refractivity contribution < 1.29 is 88.3 Å². The maximum Gasteiger partial charge on any atom is 0.311 e. The van der Waals surface area contributed by atoms with Crippen molar-refractivity contribution in [2.24, 2.45) is 0 Å². The summed E-state index contributed by atoms with van der Waals surface area (Å²) in [6.07, 6.45) is 9.18. The van der Waals surface area contributed by atoms with Crippen LogP contribution in [0.15, 0.2) is 87.2 Å². The molecule has 0 bridgehead atoms. The van der Waals surface area contributed by atoms with Gasteiger partial charge in [0.15, 0.2) is 22.2 Å². The normalized spacial score (nSPS) is 19.5. The van der Waals surface area contributed by atoms with E-state index in [1.54, 1.807) is 43.4 Å². The van der Waals surface area contributed by atoms with E-state index in [0.29, 0.717) is 53.3 Å². The van der Waals surface area contributed by atoms with Crippen LogP contribution >= 0.6 is 0 Å². The minimum Gasteiger partial charge on any atom is -0.420 e. The fraction of sp³-hybridized carbons (Fsp3) is 0.395. The first-order chi connectivity index (χ1) is 31.5. The summed E-state index contributed by atoms with van der Waals surface area (Å²) in [6.45, 7) is 6.34. The molecule has 2 aliphatic heterocycles. The Morgan fingerprint density at radius 2 is 1.34 bits per heavy atom. The van der Waals surface area contributed by atoms with E-state index >= 15 is 0 Å². The third-order valence-electron chi connectivity index (χ3n) is 11.9. The molecule has 0 spiro atoms. The molecule has 0 amide bonds. The van der Waals surface area contributed by atoms with Gasteiger partial charge in [-0.15, -0.1) is 0 Å². The molecule has 17 nitrogen and oxygen atoms in total. The lowest BCUT2D eigenvalue weighted by molar-refractivity contribution is -0.438. The maximum absolute atomic E-state index is 14.5. The quantitative estimate of drug-likeness (QED) is 0.0122. The van der Waals surface area contributed by atoms with E-state index in [4.69, 9.17) is 9.29 Å². The average Bonchev–Trinajstić information content (AvgIpc) is 3.61. The lowest BCUT2D eigenvalue weighted by Gasteiger charge is -2.30. The minimum atomic E-state index is -5.74. The van der Waals surface area contributed by atoms with Crippen LogP contribution in [-0.4, -0.2) is 101 Å². The smallest absolute Gasteiger partial charge is 0.311 e. The van der Waals surface area contributed by atoms with Gasteiger partial charge in [0.2, 0.25) is 23.1 Å². The summed E-state index contributed by atoms with van der Waals surface area (Å²) in [7, 11) is -17.9. The van der Waals surface area contributed by atoms with Crippen LogP contribution in [0.4, 0.5) is 28.9 Å². The molecule has 0 saturated carbocycles. The number of benzene rings is 3. The first-order valence-electron chi connectivity index (χ1n) is 20.7. The number of hydrogen-bond acceptors (Lipinski definition) is 12. The zero-order chi connectivity index (χ0) is 50.8. The van der Waals surface area contributed by atoms with Crippen molar-refractivity contribution in [2.45, 2.75) is 91.2 Å². The number of allylic oxidation sites excluding steroid dienone is 6. The van der Waals surface area contributed by atoms with Crippen LogP contribution in [0, 0.1) is 23.3 Å². The molecule has 0 radical (unpaired) electrons. The second-order valence-corrected chi connectivity index (χ2v) is 22.1. The highest BCUT2D eigenvalue weighted by Gasteiger charge is 2.48. The molecular formula is C43H49F4N2O15S4+. The Morgan fingerprint density at radius 1 is 0.735 bits per heavy atom. The van der Waals surface area contributed by atoms with Crippen molar-refractivity contribution in [3.05, 3.63) is 107 Å². The summed E-state index contributed by atoms with van der Waals surface area (Å²) in [5, 5.41) is 0. The summed E-state index contributed by atoms with van der Waals surface area (Å²) >= 11 is 0. The van der Waals surface area contributed by atoms with Gasteiger partial charge < -0.3 is 14.4 Å². The number of likely N-dealkylation sites (N-methyl/N-ethyl adjacent to an activating group) is 1. The number of fused-ring (bicyclic) bond motifs is 2. The summed E-state index contributed by atoms with van der Waals surface area (Å²) in [4.78, 5) is 11.4. The molecular weight excluding hydrogens is 989 g/mol. The lowest BCUT2D eigenvalue weighted by atomic mass is 9.76. The van der Waals surface area contributed by atoms with Crippen molar-refractivity contribution in [3.63, 3.8) is 0 Å². The fourth-order valence-electron chi connectivity index (χ4n) is 8.55. The van der Waals surface area contributed by atoms with Crippen LogP contribution in [0.2, 0.25) is 0 Å². The maximum atomic E-state index is 14.5. The van der Waals surface area contributed by atoms with Crippen molar-refractivity contribution >= 4 is 63.5 Å². The Balaban J connectivity index is 1.45. The molecule has 3 aromatic rings. The fourth-order valence-corrected chi connectivity index (χ4v) is 10.7. The predicted molar refractivity (Wildman–Crippen MR) is 239 cm³/mol.